The standard InChI is InChI=1S/C15H15BrO2/c1-10-6-7-12(16)9-14(10)15(17)11-4-3-5-13(8-11)18-2/h3-9,15,17H,1-2H3. The van der Waals surface area contributed by atoms with Crippen LogP contribution < -0.4 is 4.74 Å². The van der Waals surface area contributed by atoms with Crippen molar-refractivity contribution in [2.45, 2.75) is 13.0 Å². The smallest absolute Gasteiger partial charge is 0.119 e. The van der Waals surface area contributed by atoms with Gasteiger partial charge >= 0.3 is 0 Å². The molecule has 0 fully saturated rings. The zero-order valence-corrected chi connectivity index (χ0v) is 11.9. The number of ether oxygens (including phenoxy) is 1. The molecule has 0 saturated carbocycles. The molecule has 0 aromatic heterocycles. The van der Waals surface area contributed by atoms with Crippen molar-refractivity contribution in [2.75, 3.05) is 7.11 Å². The SMILES string of the molecule is COc1cccc(C(O)c2cc(Br)ccc2C)c1. The predicted molar refractivity (Wildman–Crippen MR) is 75.9 cm³/mol. The van der Waals surface area contributed by atoms with E-state index < -0.39 is 6.10 Å². The maximum absolute atomic E-state index is 10.4. The largest absolute Gasteiger partial charge is 0.497 e. The predicted octanol–water partition coefficient (Wildman–Crippen LogP) is 3.85. The first-order chi connectivity index (χ1) is 8.61. The Kier molecular flexibility index (Phi) is 4.04. The third kappa shape index (κ3) is 2.74. The summed E-state index contributed by atoms with van der Waals surface area (Å²) in [6.07, 6.45) is -0.641. The van der Waals surface area contributed by atoms with Gasteiger partial charge in [0.1, 0.15) is 11.9 Å². The van der Waals surface area contributed by atoms with Gasteiger partial charge in [0.05, 0.1) is 7.11 Å². The fourth-order valence-electron chi connectivity index (χ4n) is 1.90. The molecule has 3 heteroatoms. The van der Waals surface area contributed by atoms with Crippen LogP contribution in [0.1, 0.15) is 22.8 Å². The van der Waals surface area contributed by atoms with Crippen LogP contribution in [0.25, 0.3) is 0 Å². The Labute approximate surface area is 115 Å². The average molecular weight is 307 g/mol. The molecule has 2 aromatic rings. The Morgan fingerprint density at radius 2 is 1.94 bits per heavy atom. The highest BCUT2D eigenvalue weighted by molar-refractivity contribution is 9.10. The molecule has 0 heterocycles. The second-order valence-electron chi connectivity index (χ2n) is 4.18. The molecular weight excluding hydrogens is 292 g/mol. The van der Waals surface area contributed by atoms with Gasteiger partial charge in [0.2, 0.25) is 0 Å². The van der Waals surface area contributed by atoms with Gasteiger partial charge in [-0.05, 0) is 47.9 Å². The maximum Gasteiger partial charge on any atom is 0.119 e. The molecule has 0 bridgehead atoms. The first kappa shape index (κ1) is 13.1. The lowest BCUT2D eigenvalue weighted by atomic mass is 9.97. The topological polar surface area (TPSA) is 29.5 Å². The van der Waals surface area contributed by atoms with Gasteiger partial charge in [0.15, 0.2) is 0 Å². The van der Waals surface area contributed by atoms with E-state index in [4.69, 9.17) is 4.74 Å². The van der Waals surface area contributed by atoms with E-state index in [9.17, 15) is 5.11 Å². The van der Waals surface area contributed by atoms with Crippen LogP contribution in [0.5, 0.6) is 5.75 Å². The van der Waals surface area contributed by atoms with E-state index in [1.165, 1.54) is 0 Å². The lowest BCUT2D eigenvalue weighted by molar-refractivity contribution is 0.219. The molecule has 2 nitrogen and oxygen atoms in total. The summed E-state index contributed by atoms with van der Waals surface area (Å²) in [5.41, 5.74) is 2.79. The Morgan fingerprint density at radius 3 is 2.67 bits per heavy atom. The van der Waals surface area contributed by atoms with Crippen molar-refractivity contribution in [3.8, 4) is 5.75 Å². The van der Waals surface area contributed by atoms with Crippen molar-refractivity contribution in [1.82, 2.24) is 0 Å². The van der Waals surface area contributed by atoms with E-state index in [1.54, 1.807) is 7.11 Å². The Morgan fingerprint density at radius 1 is 1.17 bits per heavy atom. The van der Waals surface area contributed by atoms with Crippen molar-refractivity contribution in [1.29, 1.82) is 0 Å². The molecule has 0 aliphatic rings. The highest BCUT2D eigenvalue weighted by atomic mass is 79.9. The fourth-order valence-corrected chi connectivity index (χ4v) is 2.28. The van der Waals surface area contributed by atoms with E-state index in [0.717, 1.165) is 26.9 Å². The van der Waals surface area contributed by atoms with Crippen molar-refractivity contribution < 1.29 is 9.84 Å². The molecule has 1 unspecified atom stereocenters. The minimum atomic E-state index is -0.641. The molecule has 0 aliphatic heterocycles. The van der Waals surface area contributed by atoms with Crippen molar-refractivity contribution in [2.24, 2.45) is 0 Å². The highest BCUT2D eigenvalue weighted by Gasteiger charge is 2.13. The van der Waals surface area contributed by atoms with Crippen LogP contribution in [0.3, 0.4) is 0 Å². The lowest BCUT2D eigenvalue weighted by Crippen LogP contribution is -2.02. The van der Waals surface area contributed by atoms with Crippen LogP contribution in [0.15, 0.2) is 46.9 Å². The van der Waals surface area contributed by atoms with Crippen molar-refractivity contribution >= 4 is 15.9 Å². The number of methoxy groups -OCH3 is 1. The van der Waals surface area contributed by atoms with Crippen LogP contribution in [0.4, 0.5) is 0 Å². The number of benzene rings is 2. The first-order valence-corrected chi connectivity index (χ1v) is 6.49. The molecule has 0 amide bonds. The molecule has 0 spiro atoms. The zero-order valence-electron chi connectivity index (χ0n) is 10.4. The molecule has 0 aliphatic carbocycles. The molecule has 2 aromatic carbocycles. The number of halogens is 1. The van der Waals surface area contributed by atoms with Gasteiger partial charge in [-0.2, -0.15) is 0 Å². The van der Waals surface area contributed by atoms with Gasteiger partial charge in [-0.1, -0.05) is 34.1 Å². The number of rotatable bonds is 3. The highest BCUT2D eigenvalue weighted by Crippen LogP contribution is 2.29. The molecule has 1 N–H and O–H groups in total. The van der Waals surface area contributed by atoms with E-state index in [2.05, 4.69) is 15.9 Å². The first-order valence-electron chi connectivity index (χ1n) is 5.70. The summed E-state index contributed by atoms with van der Waals surface area (Å²) in [6, 6.07) is 13.4. The number of aliphatic hydroxyl groups excluding tert-OH is 1. The summed E-state index contributed by atoms with van der Waals surface area (Å²) >= 11 is 3.43. The third-order valence-electron chi connectivity index (χ3n) is 2.95. The zero-order chi connectivity index (χ0) is 13.1. The summed E-state index contributed by atoms with van der Waals surface area (Å²) in [7, 11) is 1.62. The molecule has 94 valence electrons. The van der Waals surface area contributed by atoms with E-state index in [1.807, 2.05) is 49.4 Å². The number of hydrogen-bond donors (Lipinski definition) is 1. The minimum absolute atomic E-state index is 0.641. The average Bonchev–Trinajstić information content (AvgIpc) is 2.41. The van der Waals surface area contributed by atoms with Crippen LogP contribution in [0, 0.1) is 6.92 Å². The lowest BCUT2D eigenvalue weighted by Gasteiger charge is -2.15. The summed E-state index contributed by atoms with van der Waals surface area (Å²) < 4.78 is 6.14. The molecule has 2 rings (SSSR count). The molecule has 0 saturated heterocycles. The monoisotopic (exact) mass is 306 g/mol. The van der Waals surface area contributed by atoms with Gasteiger partial charge in [-0.25, -0.2) is 0 Å². The second kappa shape index (κ2) is 5.55. The summed E-state index contributed by atoms with van der Waals surface area (Å²) in [5.74, 6) is 0.749. The van der Waals surface area contributed by atoms with Gasteiger partial charge in [-0.3, -0.25) is 0 Å². The Bertz CT molecular complexity index is 552. The van der Waals surface area contributed by atoms with E-state index in [0.29, 0.717) is 0 Å². The van der Waals surface area contributed by atoms with Gasteiger partial charge in [0, 0.05) is 4.47 Å². The maximum atomic E-state index is 10.4. The minimum Gasteiger partial charge on any atom is -0.497 e. The van der Waals surface area contributed by atoms with Crippen LogP contribution in [-0.2, 0) is 0 Å². The quantitative estimate of drug-likeness (QED) is 0.933. The molecular formula is C15H15BrO2. The summed E-state index contributed by atoms with van der Waals surface area (Å²) in [5, 5.41) is 10.4. The molecule has 18 heavy (non-hydrogen) atoms. The van der Waals surface area contributed by atoms with Gasteiger partial charge < -0.3 is 9.84 Å². The normalized spacial score (nSPS) is 12.2. The van der Waals surface area contributed by atoms with Gasteiger partial charge in [0.25, 0.3) is 0 Å². The van der Waals surface area contributed by atoms with Crippen LogP contribution in [-0.4, -0.2) is 12.2 Å². The van der Waals surface area contributed by atoms with Gasteiger partial charge in [-0.15, -0.1) is 0 Å². The fraction of sp³-hybridized carbons (Fsp3) is 0.200. The van der Waals surface area contributed by atoms with Crippen LogP contribution >= 0.6 is 15.9 Å². The van der Waals surface area contributed by atoms with Crippen molar-refractivity contribution in [3.63, 3.8) is 0 Å². The molecule has 1 atom stereocenters. The van der Waals surface area contributed by atoms with E-state index in [-0.39, 0.29) is 0 Å². The third-order valence-corrected chi connectivity index (χ3v) is 3.44. The van der Waals surface area contributed by atoms with E-state index >= 15 is 0 Å². The number of hydrogen-bond acceptors (Lipinski definition) is 2. The number of aliphatic hydroxyl groups is 1. The second-order valence-corrected chi connectivity index (χ2v) is 5.10. The Hall–Kier alpha value is -1.32. The summed E-state index contributed by atoms with van der Waals surface area (Å²) in [6.45, 7) is 1.99. The summed E-state index contributed by atoms with van der Waals surface area (Å²) in [4.78, 5) is 0. The van der Waals surface area contributed by atoms with Crippen molar-refractivity contribution in [3.05, 3.63) is 63.6 Å². The number of aryl methyl sites for hydroxylation is 1. The van der Waals surface area contributed by atoms with Crippen LogP contribution in [0.2, 0.25) is 0 Å². The Balaban J connectivity index is 2.40. The molecule has 0 radical (unpaired) electrons.